The minimum atomic E-state index is -0.445. The molecule has 0 spiro atoms. The van der Waals surface area contributed by atoms with Gasteiger partial charge in [0.2, 0.25) is 5.91 Å². The van der Waals surface area contributed by atoms with Gasteiger partial charge in [0, 0.05) is 5.92 Å². The molecular weight excluding hydrogens is 242 g/mol. The van der Waals surface area contributed by atoms with Gasteiger partial charge in [-0.2, -0.15) is 5.26 Å². The van der Waals surface area contributed by atoms with Crippen LogP contribution in [0.15, 0.2) is 0 Å². The molecule has 4 fully saturated rings. The van der Waals surface area contributed by atoms with Crippen LogP contribution in [-0.4, -0.2) is 11.8 Å². The summed E-state index contributed by atoms with van der Waals surface area (Å²) in [4.78, 5) is 23.4. The normalized spacial score (nSPS) is 38.6. The van der Waals surface area contributed by atoms with E-state index in [1.54, 1.807) is 6.07 Å². The highest BCUT2D eigenvalue weighted by Crippen LogP contribution is 2.56. The molecule has 19 heavy (non-hydrogen) atoms. The Bertz CT molecular complexity index is 412. The van der Waals surface area contributed by atoms with Crippen LogP contribution in [0, 0.1) is 40.9 Å². The fourth-order valence-electron chi connectivity index (χ4n) is 4.68. The first kappa shape index (κ1) is 12.5. The lowest BCUT2D eigenvalue weighted by Crippen LogP contribution is -2.54. The van der Waals surface area contributed by atoms with Crippen LogP contribution in [0.5, 0.6) is 0 Å². The predicted molar refractivity (Wildman–Crippen MR) is 67.1 cm³/mol. The summed E-state index contributed by atoms with van der Waals surface area (Å²) in [6.45, 7) is 0. The van der Waals surface area contributed by atoms with Gasteiger partial charge in [0.1, 0.15) is 6.42 Å². The molecule has 0 aromatic carbocycles. The van der Waals surface area contributed by atoms with Crippen LogP contribution in [0.25, 0.3) is 0 Å². The third kappa shape index (κ3) is 2.32. The van der Waals surface area contributed by atoms with E-state index >= 15 is 0 Å². The van der Waals surface area contributed by atoms with Crippen molar-refractivity contribution in [1.82, 2.24) is 10.9 Å². The maximum absolute atomic E-state index is 12.2. The van der Waals surface area contributed by atoms with Crippen molar-refractivity contribution in [2.75, 3.05) is 0 Å². The number of nitrogens with zero attached hydrogens (tertiary/aromatic N) is 1. The summed E-state index contributed by atoms with van der Waals surface area (Å²) in [5, 5.41) is 8.39. The van der Waals surface area contributed by atoms with E-state index in [0.29, 0.717) is 11.8 Å². The number of hydrogen-bond acceptors (Lipinski definition) is 3. The van der Waals surface area contributed by atoms with Crippen LogP contribution in [-0.2, 0) is 9.59 Å². The van der Waals surface area contributed by atoms with Gasteiger partial charge in [-0.1, -0.05) is 0 Å². The SMILES string of the molecule is N#CCC(=O)NNC(=O)C1C2CC3CC(C2)CC1C3. The lowest BCUT2D eigenvalue weighted by Gasteiger charge is -2.53. The van der Waals surface area contributed by atoms with Crippen LogP contribution in [0.4, 0.5) is 0 Å². The summed E-state index contributed by atoms with van der Waals surface area (Å²) in [5.41, 5.74) is 4.84. The first-order valence-electron chi connectivity index (χ1n) is 7.13. The standard InChI is InChI=1S/C14H19N3O2/c15-2-1-12(18)16-17-14(19)13-10-4-8-3-9(6-10)7-11(13)5-8/h8-11,13H,1,3-7H2,(H,16,18)(H,17,19). The van der Waals surface area contributed by atoms with Crippen LogP contribution in [0.2, 0.25) is 0 Å². The number of hydrazine groups is 1. The molecule has 0 aromatic heterocycles. The molecule has 0 aromatic rings. The highest BCUT2D eigenvalue weighted by Gasteiger charge is 2.50. The average molecular weight is 261 g/mol. The van der Waals surface area contributed by atoms with Gasteiger partial charge in [-0.05, 0) is 55.8 Å². The highest BCUT2D eigenvalue weighted by atomic mass is 16.2. The number of nitriles is 1. The summed E-state index contributed by atoms with van der Waals surface area (Å²) in [7, 11) is 0. The van der Waals surface area contributed by atoms with Crippen LogP contribution in [0.3, 0.4) is 0 Å². The van der Waals surface area contributed by atoms with Crippen molar-refractivity contribution in [3.05, 3.63) is 0 Å². The van der Waals surface area contributed by atoms with Gasteiger partial charge < -0.3 is 0 Å². The molecule has 5 heteroatoms. The second-order valence-electron chi connectivity index (χ2n) is 6.33. The third-order valence-corrected chi connectivity index (χ3v) is 5.09. The van der Waals surface area contributed by atoms with Crippen molar-refractivity contribution in [3.63, 3.8) is 0 Å². The zero-order chi connectivity index (χ0) is 13.4. The number of rotatable bonds is 2. The van der Waals surface area contributed by atoms with Gasteiger partial charge in [-0.25, -0.2) is 0 Å². The Morgan fingerprint density at radius 2 is 1.58 bits per heavy atom. The summed E-state index contributed by atoms with van der Waals surface area (Å²) in [5.74, 6) is 2.24. The fraction of sp³-hybridized carbons (Fsp3) is 0.786. The maximum Gasteiger partial charge on any atom is 0.252 e. The first-order valence-corrected chi connectivity index (χ1v) is 7.13. The fourth-order valence-corrected chi connectivity index (χ4v) is 4.68. The lowest BCUT2D eigenvalue weighted by molar-refractivity contribution is -0.141. The van der Waals surface area contributed by atoms with Crippen LogP contribution >= 0.6 is 0 Å². The Morgan fingerprint density at radius 3 is 2.11 bits per heavy atom. The van der Waals surface area contributed by atoms with Crippen LogP contribution in [0.1, 0.15) is 38.5 Å². The monoisotopic (exact) mass is 261 g/mol. The molecule has 0 saturated heterocycles. The van der Waals surface area contributed by atoms with Gasteiger partial charge in [0.15, 0.2) is 0 Å². The maximum atomic E-state index is 12.2. The predicted octanol–water partition coefficient (Wildman–Crippen LogP) is 1.12. The summed E-state index contributed by atoms with van der Waals surface area (Å²) in [6, 6.07) is 1.76. The molecule has 0 radical (unpaired) electrons. The molecule has 0 unspecified atom stereocenters. The first-order chi connectivity index (χ1) is 9.17. The Balaban J connectivity index is 1.58. The Labute approximate surface area is 112 Å². The molecule has 2 N–H and O–H groups in total. The smallest absolute Gasteiger partial charge is 0.252 e. The van der Waals surface area contributed by atoms with Crippen molar-refractivity contribution in [3.8, 4) is 6.07 Å². The second-order valence-corrected chi connectivity index (χ2v) is 6.33. The summed E-state index contributed by atoms with van der Waals surface area (Å²) < 4.78 is 0. The van der Waals surface area contributed by atoms with E-state index in [0.717, 1.165) is 11.8 Å². The second kappa shape index (κ2) is 4.84. The number of nitrogens with one attached hydrogen (secondary N) is 2. The summed E-state index contributed by atoms with van der Waals surface area (Å²) >= 11 is 0. The molecule has 0 atom stereocenters. The van der Waals surface area contributed by atoms with Crippen molar-refractivity contribution in [2.24, 2.45) is 29.6 Å². The zero-order valence-corrected chi connectivity index (χ0v) is 10.9. The highest BCUT2D eigenvalue weighted by molar-refractivity contribution is 5.84. The molecule has 0 aliphatic heterocycles. The minimum absolute atomic E-state index is 0.0555. The number of amides is 2. The molecule has 4 aliphatic rings. The van der Waals surface area contributed by atoms with E-state index in [1.165, 1.54) is 32.1 Å². The topological polar surface area (TPSA) is 82.0 Å². The molecule has 2 amide bonds. The molecule has 4 rings (SSSR count). The Kier molecular flexibility index (Phi) is 3.17. The van der Waals surface area contributed by atoms with Gasteiger partial charge >= 0.3 is 0 Å². The van der Waals surface area contributed by atoms with E-state index in [9.17, 15) is 9.59 Å². The van der Waals surface area contributed by atoms with Crippen molar-refractivity contribution >= 4 is 11.8 Å². The van der Waals surface area contributed by atoms with E-state index in [-0.39, 0.29) is 18.2 Å². The van der Waals surface area contributed by atoms with E-state index in [4.69, 9.17) is 5.26 Å². The van der Waals surface area contributed by atoms with Crippen molar-refractivity contribution < 1.29 is 9.59 Å². The molecule has 0 heterocycles. The van der Waals surface area contributed by atoms with Gasteiger partial charge in [-0.3, -0.25) is 20.4 Å². The van der Waals surface area contributed by atoms with Gasteiger partial charge in [0.25, 0.3) is 5.91 Å². The van der Waals surface area contributed by atoms with E-state index < -0.39 is 5.91 Å². The van der Waals surface area contributed by atoms with Crippen LogP contribution < -0.4 is 10.9 Å². The van der Waals surface area contributed by atoms with Crippen molar-refractivity contribution in [1.29, 1.82) is 5.26 Å². The Morgan fingerprint density at radius 1 is 1.00 bits per heavy atom. The molecule has 4 bridgehead atoms. The molecular formula is C14H19N3O2. The third-order valence-electron chi connectivity index (χ3n) is 5.09. The minimum Gasteiger partial charge on any atom is -0.273 e. The summed E-state index contributed by atoms with van der Waals surface area (Å²) in [6.07, 6.45) is 5.85. The zero-order valence-electron chi connectivity index (χ0n) is 10.9. The largest absolute Gasteiger partial charge is 0.273 e. The molecule has 4 saturated carbocycles. The van der Waals surface area contributed by atoms with Crippen molar-refractivity contribution in [2.45, 2.75) is 38.5 Å². The van der Waals surface area contributed by atoms with E-state index in [1.807, 2.05) is 0 Å². The number of hydrogen-bond donors (Lipinski definition) is 2. The van der Waals surface area contributed by atoms with Gasteiger partial charge in [-0.15, -0.1) is 0 Å². The Hall–Kier alpha value is -1.57. The number of carbonyl (C=O) groups is 2. The average Bonchev–Trinajstić information content (AvgIpc) is 2.35. The molecule has 5 nitrogen and oxygen atoms in total. The number of carbonyl (C=O) groups excluding carboxylic acids is 2. The molecule has 102 valence electrons. The quantitative estimate of drug-likeness (QED) is 0.731. The lowest BCUT2D eigenvalue weighted by atomic mass is 9.52. The molecule has 4 aliphatic carbocycles. The van der Waals surface area contributed by atoms with E-state index in [2.05, 4.69) is 10.9 Å². The van der Waals surface area contributed by atoms with Gasteiger partial charge in [0.05, 0.1) is 6.07 Å².